The summed E-state index contributed by atoms with van der Waals surface area (Å²) < 4.78 is 0. The van der Waals surface area contributed by atoms with E-state index in [0.717, 1.165) is 22.2 Å². The van der Waals surface area contributed by atoms with Crippen molar-refractivity contribution in [2.45, 2.75) is 12.2 Å². The molecule has 0 aliphatic rings. The number of hydrogen-bond donors (Lipinski definition) is 2. The normalized spacial score (nSPS) is 10.2. The molecule has 0 radical (unpaired) electrons. The van der Waals surface area contributed by atoms with Gasteiger partial charge >= 0.3 is 0 Å². The number of pyridine rings is 1. The van der Waals surface area contributed by atoms with E-state index < -0.39 is 0 Å². The second-order valence-corrected chi connectivity index (χ2v) is 4.79. The summed E-state index contributed by atoms with van der Waals surface area (Å²) in [5.41, 5.74) is 6.98. The Morgan fingerprint density at radius 2 is 2.22 bits per heavy atom. The standard InChI is InChI=1S/C13H12N4S/c14-6-5-10-7-9-3-1-2-4-11(9)12(17-10)8-18-13(15)16/h1-4,7H,5,8H2,(H3,15,16). The van der Waals surface area contributed by atoms with Gasteiger partial charge in [0.2, 0.25) is 0 Å². The molecule has 18 heavy (non-hydrogen) atoms. The number of benzene rings is 1. The highest BCUT2D eigenvalue weighted by Crippen LogP contribution is 2.22. The van der Waals surface area contributed by atoms with Gasteiger partial charge in [-0.25, -0.2) is 0 Å². The van der Waals surface area contributed by atoms with Crippen molar-refractivity contribution in [3.05, 3.63) is 41.7 Å². The van der Waals surface area contributed by atoms with Crippen LogP contribution >= 0.6 is 11.8 Å². The second kappa shape index (κ2) is 5.52. The Balaban J connectivity index is 2.47. The van der Waals surface area contributed by atoms with Crippen molar-refractivity contribution in [2.75, 3.05) is 0 Å². The van der Waals surface area contributed by atoms with Gasteiger partial charge in [0.15, 0.2) is 5.17 Å². The number of rotatable bonds is 3. The lowest BCUT2D eigenvalue weighted by atomic mass is 10.1. The van der Waals surface area contributed by atoms with Crippen LogP contribution in [0.4, 0.5) is 0 Å². The van der Waals surface area contributed by atoms with Crippen molar-refractivity contribution >= 4 is 27.7 Å². The van der Waals surface area contributed by atoms with Crippen LogP contribution in [0.2, 0.25) is 0 Å². The average Bonchev–Trinajstić information content (AvgIpc) is 2.36. The van der Waals surface area contributed by atoms with Gasteiger partial charge in [-0.3, -0.25) is 10.4 Å². The molecule has 0 spiro atoms. The van der Waals surface area contributed by atoms with Crippen LogP contribution in [0, 0.1) is 16.7 Å². The van der Waals surface area contributed by atoms with Crippen LogP contribution in [0.25, 0.3) is 10.8 Å². The van der Waals surface area contributed by atoms with Crippen LogP contribution in [0.1, 0.15) is 11.4 Å². The molecule has 0 fully saturated rings. The van der Waals surface area contributed by atoms with E-state index in [0.29, 0.717) is 12.2 Å². The van der Waals surface area contributed by atoms with E-state index in [2.05, 4.69) is 11.1 Å². The van der Waals surface area contributed by atoms with E-state index >= 15 is 0 Å². The van der Waals surface area contributed by atoms with Crippen LogP contribution in [0.3, 0.4) is 0 Å². The number of nitrogens with two attached hydrogens (primary N) is 1. The molecule has 0 saturated heterocycles. The van der Waals surface area contributed by atoms with Gasteiger partial charge in [0.1, 0.15) is 0 Å². The fourth-order valence-electron chi connectivity index (χ4n) is 1.76. The molecule has 90 valence electrons. The smallest absolute Gasteiger partial charge is 0.151 e. The predicted octanol–water partition coefficient (Wildman–Crippen LogP) is 2.43. The van der Waals surface area contributed by atoms with Gasteiger partial charge in [0.05, 0.1) is 23.9 Å². The molecule has 5 heteroatoms. The molecule has 1 aromatic carbocycles. The molecule has 0 atom stereocenters. The lowest BCUT2D eigenvalue weighted by molar-refractivity contribution is 1.08. The third-order valence-corrected chi connectivity index (χ3v) is 3.23. The summed E-state index contributed by atoms with van der Waals surface area (Å²) in [6.45, 7) is 0. The first-order valence-corrected chi connectivity index (χ1v) is 6.40. The zero-order valence-corrected chi connectivity index (χ0v) is 10.5. The Hall–Kier alpha value is -2.06. The van der Waals surface area contributed by atoms with Crippen LogP contribution < -0.4 is 5.73 Å². The average molecular weight is 256 g/mol. The maximum atomic E-state index is 8.75. The van der Waals surface area contributed by atoms with Gasteiger partial charge in [-0.05, 0) is 11.5 Å². The highest BCUT2D eigenvalue weighted by Gasteiger charge is 2.06. The fraction of sp³-hybridized carbons (Fsp3) is 0.154. The summed E-state index contributed by atoms with van der Waals surface area (Å²) in [6.07, 6.45) is 0.294. The maximum absolute atomic E-state index is 8.75. The number of thioether (sulfide) groups is 1. The number of aromatic nitrogens is 1. The minimum Gasteiger partial charge on any atom is -0.379 e. The predicted molar refractivity (Wildman–Crippen MR) is 74.3 cm³/mol. The van der Waals surface area contributed by atoms with Crippen LogP contribution in [0.15, 0.2) is 30.3 Å². The SMILES string of the molecule is N#CCc1cc2ccccc2c(CSC(=N)N)n1. The number of nitrogens with zero attached hydrogens (tertiary/aromatic N) is 2. The van der Waals surface area contributed by atoms with Crippen molar-refractivity contribution < 1.29 is 0 Å². The fourth-order valence-corrected chi connectivity index (χ4v) is 2.27. The molecule has 0 saturated carbocycles. The minimum absolute atomic E-state index is 0.0755. The van der Waals surface area contributed by atoms with Crippen molar-refractivity contribution in [3.8, 4) is 6.07 Å². The lowest BCUT2D eigenvalue weighted by Crippen LogP contribution is -2.05. The highest BCUT2D eigenvalue weighted by atomic mass is 32.2. The zero-order valence-electron chi connectivity index (χ0n) is 9.68. The number of fused-ring (bicyclic) bond motifs is 1. The van der Waals surface area contributed by atoms with Crippen molar-refractivity contribution in [1.82, 2.24) is 4.98 Å². The summed E-state index contributed by atoms with van der Waals surface area (Å²) in [7, 11) is 0. The largest absolute Gasteiger partial charge is 0.379 e. The second-order valence-electron chi connectivity index (χ2n) is 3.77. The quantitative estimate of drug-likeness (QED) is 0.652. The van der Waals surface area contributed by atoms with E-state index in [1.807, 2.05) is 30.3 Å². The lowest BCUT2D eigenvalue weighted by Gasteiger charge is -2.07. The van der Waals surface area contributed by atoms with Gasteiger partial charge in [0, 0.05) is 11.1 Å². The van der Waals surface area contributed by atoms with E-state index in [-0.39, 0.29) is 5.17 Å². The Morgan fingerprint density at radius 1 is 1.44 bits per heavy atom. The van der Waals surface area contributed by atoms with Gasteiger partial charge in [0.25, 0.3) is 0 Å². The molecule has 2 aromatic rings. The molecular weight excluding hydrogens is 244 g/mol. The summed E-state index contributed by atoms with van der Waals surface area (Å²) in [4.78, 5) is 4.47. The molecule has 1 aromatic heterocycles. The number of nitriles is 1. The van der Waals surface area contributed by atoms with Gasteiger partial charge in [-0.15, -0.1) is 0 Å². The molecule has 0 bridgehead atoms. The van der Waals surface area contributed by atoms with Gasteiger partial charge in [-0.2, -0.15) is 5.26 Å². The minimum atomic E-state index is 0.0755. The first kappa shape index (κ1) is 12.4. The Kier molecular flexibility index (Phi) is 3.80. The van der Waals surface area contributed by atoms with Crippen molar-refractivity contribution in [1.29, 1.82) is 10.7 Å². The zero-order chi connectivity index (χ0) is 13.0. The Labute approximate surface area is 109 Å². The first-order valence-electron chi connectivity index (χ1n) is 5.42. The van der Waals surface area contributed by atoms with Crippen molar-refractivity contribution in [3.63, 3.8) is 0 Å². The van der Waals surface area contributed by atoms with Gasteiger partial charge < -0.3 is 5.73 Å². The molecule has 1 heterocycles. The van der Waals surface area contributed by atoms with E-state index in [1.54, 1.807) is 0 Å². The Bertz CT molecular complexity index is 630. The van der Waals surface area contributed by atoms with E-state index in [9.17, 15) is 0 Å². The highest BCUT2D eigenvalue weighted by molar-refractivity contribution is 8.13. The van der Waals surface area contributed by atoms with Crippen LogP contribution in [-0.2, 0) is 12.2 Å². The molecular formula is C13H12N4S. The van der Waals surface area contributed by atoms with E-state index in [4.69, 9.17) is 16.4 Å². The van der Waals surface area contributed by atoms with Crippen LogP contribution in [0.5, 0.6) is 0 Å². The molecule has 0 aliphatic carbocycles. The molecule has 0 unspecified atom stereocenters. The molecule has 0 amide bonds. The summed E-state index contributed by atoms with van der Waals surface area (Å²) in [5.74, 6) is 0.551. The third kappa shape index (κ3) is 2.79. The van der Waals surface area contributed by atoms with E-state index in [1.165, 1.54) is 11.8 Å². The number of hydrogen-bond acceptors (Lipinski definition) is 4. The monoisotopic (exact) mass is 256 g/mol. The first-order chi connectivity index (χ1) is 8.70. The topological polar surface area (TPSA) is 86.5 Å². The summed E-state index contributed by atoms with van der Waals surface area (Å²) >= 11 is 1.24. The molecule has 0 aliphatic heterocycles. The third-order valence-electron chi connectivity index (χ3n) is 2.50. The Morgan fingerprint density at radius 3 is 2.94 bits per heavy atom. The summed E-state index contributed by atoms with van der Waals surface area (Å²) in [6, 6.07) is 11.9. The molecule has 4 nitrogen and oxygen atoms in total. The number of amidine groups is 1. The number of nitrogens with one attached hydrogen (secondary N) is 1. The summed E-state index contributed by atoms with van der Waals surface area (Å²) in [5, 5.41) is 18.2. The maximum Gasteiger partial charge on any atom is 0.151 e. The molecule has 3 N–H and O–H groups in total. The van der Waals surface area contributed by atoms with Crippen molar-refractivity contribution in [2.24, 2.45) is 5.73 Å². The van der Waals surface area contributed by atoms with Crippen LogP contribution in [-0.4, -0.2) is 10.2 Å². The van der Waals surface area contributed by atoms with Gasteiger partial charge in [-0.1, -0.05) is 36.0 Å². The molecule has 2 rings (SSSR count).